The molecule has 2 N–H and O–H groups in total. The number of nitrogens with zero attached hydrogens (tertiary/aromatic N) is 1. The van der Waals surface area contributed by atoms with Crippen LogP contribution >= 0.6 is 0 Å². The molecular weight excluding hydrogens is 224 g/mol. The van der Waals surface area contributed by atoms with Gasteiger partial charge in [0.1, 0.15) is 0 Å². The molecule has 1 fully saturated rings. The average Bonchev–Trinajstić information content (AvgIpc) is 2.87. The normalized spacial score (nSPS) is 21.5. The minimum atomic E-state index is 0.290. The lowest BCUT2D eigenvalue weighted by atomic mass is 9.94. The molecule has 1 aromatic carbocycles. The van der Waals surface area contributed by atoms with Gasteiger partial charge in [-0.05, 0) is 44.0 Å². The number of hydrogen-bond acceptors (Lipinski definition) is 3. The van der Waals surface area contributed by atoms with Gasteiger partial charge < -0.3 is 10.5 Å². The summed E-state index contributed by atoms with van der Waals surface area (Å²) in [6.07, 6.45) is 1.11. The van der Waals surface area contributed by atoms with Crippen molar-refractivity contribution in [2.45, 2.75) is 32.4 Å². The lowest BCUT2D eigenvalue weighted by Crippen LogP contribution is -2.39. The Kier molecular flexibility index (Phi) is 4.38. The summed E-state index contributed by atoms with van der Waals surface area (Å²) in [4.78, 5) is 2.39. The van der Waals surface area contributed by atoms with Crippen LogP contribution in [0.2, 0.25) is 0 Å². The highest BCUT2D eigenvalue weighted by Gasteiger charge is 2.27. The smallest absolute Gasteiger partial charge is 0.0622 e. The Balaban J connectivity index is 2.27. The highest BCUT2D eigenvalue weighted by atomic mass is 16.5. The zero-order valence-electron chi connectivity index (χ0n) is 11.6. The van der Waals surface area contributed by atoms with Crippen molar-refractivity contribution in [3.05, 3.63) is 34.9 Å². The second-order valence-corrected chi connectivity index (χ2v) is 5.24. The molecule has 2 atom stereocenters. The van der Waals surface area contributed by atoms with Crippen LogP contribution in [-0.4, -0.2) is 37.7 Å². The third-order valence-electron chi connectivity index (χ3n) is 4.07. The van der Waals surface area contributed by atoms with E-state index in [9.17, 15) is 0 Å². The summed E-state index contributed by atoms with van der Waals surface area (Å²) in [6, 6.07) is 7.24. The van der Waals surface area contributed by atoms with Gasteiger partial charge in [-0.2, -0.15) is 0 Å². The number of benzene rings is 1. The van der Waals surface area contributed by atoms with Crippen LogP contribution in [0.25, 0.3) is 0 Å². The van der Waals surface area contributed by atoms with Gasteiger partial charge in [0.25, 0.3) is 0 Å². The van der Waals surface area contributed by atoms with Crippen molar-refractivity contribution in [2.24, 2.45) is 5.73 Å². The summed E-state index contributed by atoms with van der Waals surface area (Å²) in [6.45, 7) is 6.70. The molecule has 100 valence electrons. The van der Waals surface area contributed by atoms with E-state index in [1.165, 1.54) is 16.7 Å². The Hall–Kier alpha value is -0.900. The van der Waals surface area contributed by atoms with Crippen LogP contribution in [0.3, 0.4) is 0 Å². The van der Waals surface area contributed by atoms with Crippen molar-refractivity contribution < 1.29 is 4.74 Å². The summed E-state index contributed by atoms with van der Waals surface area (Å²) >= 11 is 0. The summed E-state index contributed by atoms with van der Waals surface area (Å²) in [5, 5.41) is 0. The minimum absolute atomic E-state index is 0.290. The Morgan fingerprint density at radius 3 is 2.56 bits per heavy atom. The first-order chi connectivity index (χ1) is 8.65. The minimum Gasteiger partial charge on any atom is -0.380 e. The largest absolute Gasteiger partial charge is 0.380 e. The fourth-order valence-corrected chi connectivity index (χ4v) is 2.94. The molecule has 2 unspecified atom stereocenters. The van der Waals surface area contributed by atoms with Crippen LogP contribution in [0.5, 0.6) is 0 Å². The van der Waals surface area contributed by atoms with Crippen LogP contribution in [0.4, 0.5) is 0 Å². The van der Waals surface area contributed by atoms with E-state index < -0.39 is 0 Å². The molecule has 1 aliphatic heterocycles. The van der Waals surface area contributed by atoms with Crippen LogP contribution in [0, 0.1) is 13.8 Å². The lowest BCUT2D eigenvalue weighted by Gasteiger charge is -2.33. The molecule has 0 spiro atoms. The van der Waals surface area contributed by atoms with Gasteiger partial charge in [-0.15, -0.1) is 0 Å². The van der Waals surface area contributed by atoms with Crippen molar-refractivity contribution in [1.82, 2.24) is 4.90 Å². The number of ether oxygens (including phenoxy) is 1. The zero-order chi connectivity index (χ0) is 13.1. The maximum Gasteiger partial charge on any atom is 0.0622 e. The van der Waals surface area contributed by atoms with Crippen molar-refractivity contribution in [3.63, 3.8) is 0 Å². The highest BCUT2D eigenvalue weighted by Crippen LogP contribution is 2.28. The lowest BCUT2D eigenvalue weighted by molar-refractivity contribution is 0.134. The molecule has 1 saturated heterocycles. The molecule has 3 heteroatoms. The quantitative estimate of drug-likeness (QED) is 0.886. The molecule has 1 aromatic rings. The molecule has 1 aliphatic rings. The van der Waals surface area contributed by atoms with Crippen molar-refractivity contribution >= 4 is 0 Å². The Morgan fingerprint density at radius 1 is 1.39 bits per heavy atom. The van der Waals surface area contributed by atoms with E-state index in [2.05, 4.69) is 44.0 Å². The van der Waals surface area contributed by atoms with Crippen LogP contribution in [0.15, 0.2) is 18.2 Å². The Morgan fingerprint density at radius 2 is 2.06 bits per heavy atom. The van der Waals surface area contributed by atoms with E-state index in [0.29, 0.717) is 12.6 Å². The predicted octanol–water partition coefficient (Wildman–Crippen LogP) is 2.02. The molecule has 0 amide bonds. The van der Waals surface area contributed by atoms with Gasteiger partial charge in [0.15, 0.2) is 0 Å². The summed E-state index contributed by atoms with van der Waals surface area (Å²) in [5.74, 6) is 0. The third kappa shape index (κ3) is 2.58. The van der Waals surface area contributed by atoms with Crippen LogP contribution < -0.4 is 5.73 Å². The zero-order valence-corrected chi connectivity index (χ0v) is 11.6. The molecule has 0 radical (unpaired) electrons. The fourth-order valence-electron chi connectivity index (χ4n) is 2.94. The monoisotopic (exact) mass is 248 g/mol. The first kappa shape index (κ1) is 13.5. The molecule has 0 saturated carbocycles. The number of hydrogen-bond donors (Lipinski definition) is 1. The first-order valence-electron chi connectivity index (χ1n) is 6.71. The molecule has 18 heavy (non-hydrogen) atoms. The third-order valence-corrected chi connectivity index (χ3v) is 4.07. The Bertz CT molecular complexity index is 379. The average molecular weight is 248 g/mol. The van der Waals surface area contributed by atoms with E-state index in [4.69, 9.17) is 10.5 Å². The molecule has 0 aliphatic carbocycles. The van der Waals surface area contributed by atoms with E-state index >= 15 is 0 Å². The maximum atomic E-state index is 6.03. The summed E-state index contributed by atoms with van der Waals surface area (Å²) in [7, 11) is 2.17. The van der Waals surface area contributed by atoms with E-state index in [-0.39, 0.29) is 6.04 Å². The fraction of sp³-hybridized carbons (Fsp3) is 0.600. The first-order valence-corrected chi connectivity index (χ1v) is 6.71. The molecule has 2 rings (SSSR count). The van der Waals surface area contributed by atoms with Gasteiger partial charge in [0, 0.05) is 25.2 Å². The topological polar surface area (TPSA) is 38.5 Å². The molecule has 3 nitrogen and oxygen atoms in total. The standard InChI is InChI=1S/C15H24N2O/c1-11-5-4-6-12(2)15(11)14(9-16)17(3)13-7-8-18-10-13/h4-6,13-14H,7-10,16H2,1-3H3. The number of aryl methyl sites for hydroxylation is 2. The number of nitrogens with two attached hydrogens (primary N) is 1. The van der Waals surface area contributed by atoms with E-state index in [1.807, 2.05) is 0 Å². The van der Waals surface area contributed by atoms with Crippen molar-refractivity contribution in [3.8, 4) is 0 Å². The van der Waals surface area contributed by atoms with Gasteiger partial charge >= 0.3 is 0 Å². The molecule has 0 bridgehead atoms. The van der Waals surface area contributed by atoms with Gasteiger partial charge in [-0.25, -0.2) is 0 Å². The molecule has 0 aromatic heterocycles. The number of likely N-dealkylation sites (N-methyl/N-ethyl adjacent to an activating group) is 1. The van der Waals surface area contributed by atoms with E-state index in [0.717, 1.165) is 19.6 Å². The van der Waals surface area contributed by atoms with Crippen LogP contribution in [0.1, 0.15) is 29.2 Å². The number of rotatable bonds is 4. The predicted molar refractivity (Wildman–Crippen MR) is 74.7 cm³/mol. The van der Waals surface area contributed by atoms with Gasteiger partial charge in [-0.1, -0.05) is 18.2 Å². The Labute approximate surface area is 110 Å². The SMILES string of the molecule is Cc1cccc(C)c1C(CN)N(C)C1CCOC1. The van der Waals surface area contributed by atoms with Gasteiger partial charge in [-0.3, -0.25) is 4.90 Å². The highest BCUT2D eigenvalue weighted by molar-refractivity contribution is 5.36. The maximum absolute atomic E-state index is 6.03. The van der Waals surface area contributed by atoms with Crippen LogP contribution in [-0.2, 0) is 4.74 Å². The second-order valence-electron chi connectivity index (χ2n) is 5.24. The second kappa shape index (κ2) is 5.83. The van der Waals surface area contributed by atoms with E-state index in [1.54, 1.807) is 0 Å². The summed E-state index contributed by atoms with van der Waals surface area (Å²) in [5.41, 5.74) is 10.1. The van der Waals surface area contributed by atoms with Crippen molar-refractivity contribution in [1.29, 1.82) is 0 Å². The summed E-state index contributed by atoms with van der Waals surface area (Å²) < 4.78 is 5.49. The van der Waals surface area contributed by atoms with Crippen molar-refractivity contribution in [2.75, 3.05) is 26.8 Å². The molecular formula is C15H24N2O. The van der Waals surface area contributed by atoms with Gasteiger partial charge in [0.2, 0.25) is 0 Å². The van der Waals surface area contributed by atoms with Gasteiger partial charge in [0.05, 0.1) is 6.61 Å². The molecule has 1 heterocycles.